The number of thiophene rings is 1. The van der Waals surface area contributed by atoms with Crippen LogP contribution in [0.5, 0.6) is 0 Å². The van der Waals surface area contributed by atoms with Crippen molar-refractivity contribution in [1.82, 2.24) is 0 Å². The minimum Gasteiger partial charge on any atom is -0.456 e. The van der Waals surface area contributed by atoms with Crippen molar-refractivity contribution in [3.8, 4) is 44.5 Å². The Morgan fingerprint density at radius 3 is 1.81 bits per heavy atom. The summed E-state index contributed by atoms with van der Waals surface area (Å²) < 4.78 is 8.95. The average molecular weight is 743 g/mol. The van der Waals surface area contributed by atoms with E-state index in [1.807, 2.05) is 17.4 Å². The molecule has 9 aromatic carbocycles. The molecule has 0 saturated heterocycles. The van der Waals surface area contributed by atoms with Crippen LogP contribution in [0.2, 0.25) is 0 Å². The third-order valence-corrected chi connectivity index (χ3v) is 13.4. The van der Waals surface area contributed by atoms with E-state index in [4.69, 9.17) is 4.42 Å². The SMILES string of the molecule is c1ccc(-c2cc(-c3ccccc3)c3sc4ccc(-c5ccc6c(c5)-c5ccccc5C6(c5ccccc5)c5ccc6oc7ccccc7c6c5)cc4c3c2)cc1. The second-order valence-electron chi connectivity index (χ2n) is 15.2. The summed E-state index contributed by atoms with van der Waals surface area (Å²) in [5, 5.41) is 4.88. The molecule has 1 unspecified atom stereocenters. The van der Waals surface area contributed by atoms with E-state index in [9.17, 15) is 0 Å². The molecule has 0 aliphatic heterocycles. The minimum absolute atomic E-state index is 0.506. The van der Waals surface area contributed by atoms with Crippen LogP contribution in [0.25, 0.3) is 86.6 Å². The first-order chi connectivity index (χ1) is 28.2. The Balaban J connectivity index is 1.07. The first-order valence-corrected chi connectivity index (χ1v) is 20.4. The molecule has 11 aromatic rings. The van der Waals surface area contributed by atoms with Crippen molar-refractivity contribution in [2.75, 3.05) is 0 Å². The summed E-state index contributed by atoms with van der Waals surface area (Å²) in [6.45, 7) is 0. The molecular weight excluding hydrogens is 709 g/mol. The van der Waals surface area contributed by atoms with Gasteiger partial charge in [0.15, 0.2) is 0 Å². The summed E-state index contributed by atoms with van der Waals surface area (Å²) in [5.41, 5.74) is 16.4. The van der Waals surface area contributed by atoms with Crippen molar-refractivity contribution in [3.05, 3.63) is 229 Å². The highest BCUT2D eigenvalue weighted by Gasteiger charge is 2.46. The fourth-order valence-electron chi connectivity index (χ4n) is 9.59. The van der Waals surface area contributed by atoms with Gasteiger partial charge in [0.1, 0.15) is 11.2 Å². The number of furan rings is 1. The fraction of sp³-hybridized carbons (Fsp3) is 0.0182. The summed E-state index contributed by atoms with van der Waals surface area (Å²) in [6, 6.07) is 75.8. The van der Waals surface area contributed by atoms with Crippen LogP contribution < -0.4 is 0 Å². The smallest absolute Gasteiger partial charge is 0.135 e. The summed E-state index contributed by atoms with van der Waals surface area (Å²) >= 11 is 1.89. The number of rotatable bonds is 5. The van der Waals surface area contributed by atoms with E-state index in [-0.39, 0.29) is 0 Å². The first kappa shape index (κ1) is 32.3. The van der Waals surface area contributed by atoms with Crippen LogP contribution in [-0.4, -0.2) is 0 Å². The Morgan fingerprint density at radius 1 is 0.333 bits per heavy atom. The summed E-state index contributed by atoms with van der Waals surface area (Å²) in [7, 11) is 0. The third kappa shape index (κ3) is 4.81. The first-order valence-electron chi connectivity index (χ1n) is 19.6. The minimum atomic E-state index is -0.506. The predicted molar refractivity (Wildman–Crippen MR) is 240 cm³/mol. The predicted octanol–water partition coefficient (Wildman–Crippen LogP) is 15.3. The third-order valence-electron chi connectivity index (χ3n) is 12.2. The standard InChI is InChI=1S/C55H34OS/c1-4-14-35(15-5-1)39-32-44(36-16-6-2-7-17-36)54-48(33-39)47-31-38(25-29-53(47)57-54)37-24-27-50-45(30-37)42-20-10-12-22-49(42)55(50,40-18-8-3-9-19-40)41-26-28-52-46(34-41)43-21-11-13-23-51(43)56-52/h1-34H. The van der Waals surface area contributed by atoms with Gasteiger partial charge in [-0.1, -0.05) is 158 Å². The molecule has 0 fully saturated rings. The number of hydrogen-bond donors (Lipinski definition) is 0. The van der Waals surface area contributed by atoms with Gasteiger partial charge in [0, 0.05) is 36.5 Å². The Bertz CT molecular complexity index is 3340. The summed E-state index contributed by atoms with van der Waals surface area (Å²) in [5.74, 6) is 0. The van der Waals surface area contributed by atoms with Crippen molar-refractivity contribution in [1.29, 1.82) is 0 Å². The van der Waals surface area contributed by atoms with E-state index in [1.165, 1.54) is 86.9 Å². The topological polar surface area (TPSA) is 13.1 Å². The van der Waals surface area contributed by atoms with E-state index in [0.717, 1.165) is 21.9 Å². The molecule has 1 aliphatic rings. The molecule has 1 nitrogen and oxygen atoms in total. The molecule has 0 N–H and O–H groups in total. The Hall–Kier alpha value is -7.00. The van der Waals surface area contributed by atoms with Gasteiger partial charge in [-0.3, -0.25) is 0 Å². The molecule has 0 saturated carbocycles. The maximum Gasteiger partial charge on any atom is 0.135 e. The monoisotopic (exact) mass is 742 g/mol. The molecule has 0 radical (unpaired) electrons. The quantitative estimate of drug-likeness (QED) is 0.171. The highest BCUT2D eigenvalue weighted by molar-refractivity contribution is 7.26. The lowest BCUT2D eigenvalue weighted by Crippen LogP contribution is -2.28. The largest absolute Gasteiger partial charge is 0.456 e. The van der Waals surface area contributed by atoms with Crippen LogP contribution in [0.15, 0.2) is 211 Å². The molecule has 266 valence electrons. The molecule has 12 rings (SSSR count). The van der Waals surface area contributed by atoms with Crippen LogP contribution in [0.3, 0.4) is 0 Å². The number of para-hydroxylation sites is 1. The second kappa shape index (κ2) is 12.5. The van der Waals surface area contributed by atoms with Crippen molar-refractivity contribution in [3.63, 3.8) is 0 Å². The maximum absolute atomic E-state index is 6.32. The molecule has 2 heterocycles. The van der Waals surface area contributed by atoms with E-state index in [1.54, 1.807) is 0 Å². The zero-order valence-electron chi connectivity index (χ0n) is 30.9. The maximum atomic E-state index is 6.32. The lowest BCUT2D eigenvalue weighted by atomic mass is 9.67. The van der Waals surface area contributed by atoms with Crippen molar-refractivity contribution < 1.29 is 4.42 Å². The van der Waals surface area contributed by atoms with Crippen LogP contribution in [-0.2, 0) is 5.41 Å². The molecule has 0 amide bonds. The van der Waals surface area contributed by atoms with Gasteiger partial charge in [-0.25, -0.2) is 0 Å². The molecule has 57 heavy (non-hydrogen) atoms. The molecule has 2 heteroatoms. The van der Waals surface area contributed by atoms with Crippen molar-refractivity contribution >= 4 is 53.4 Å². The zero-order chi connectivity index (χ0) is 37.5. The normalized spacial score (nSPS) is 14.7. The molecular formula is C55H34OS. The van der Waals surface area contributed by atoms with Gasteiger partial charge >= 0.3 is 0 Å². The average Bonchev–Trinajstić information content (AvgIpc) is 3.94. The molecule has 1 aliphatic carbocycles. The molecule has 0 spiro atoms. The number of fused-ring (bicyclic) bond motifs is 9. The van der Waals surface area contributed by atoms with E-state index >= 15 is 0 Å². The highest BCUT2D eigenvalue weighted by atomic mass is 32.1. The number of hydrogen-bond acceptors (Lipinski definition) is 2. The van der Waals surface area contributed by atoms with Gasteiger partial charge < -0.3 is 4.42 Å². The second-order valence-corrected chi connectivity index (χ2v) is 16.2. The van der Waals surface area contributed by atoms with Crippen LogP contribution >= 0.6 is 11.3 Å². The molecule has 1 atom stereocenters. The fourth-order valence-corrected chi connectivity index (χ4v) is 10.8. The van der Waals surface area contributed by atoms with Gasteiger partial charge in [-0.15, -0.1) is 11.3 Å². The lowest BCUT2D eigenvalue weighted by Gasteiger charge is -2.34. The van der Waals surface area contributed by atoms with Crippen molar-refractivity contribution in [2.24, 2.45) is 0 Å². The van der Waals surface area contributed by atoms with Gasteiger partial charge in [-0.2, -0.15) is 0 Å². The van der Waals surface area contributed by atoms with Crippen LogP contribution in [0.1, 0.15) is 22.3 Å². The van der Waals surface area contributed by atoms with Gasteiger partial charge in [0.25, 0.3) is 0 Å². The summed E-state index contributed by atoms with van der Waals surface area (Å²) in [6.07, 6.45) is 0. The number of benzene rings is 9. The van der Waals surface area contributed by atoms with Gasteiger partial charge in [0.2, 0.25) is 0 Å². The van der Waals surface area contributed by atoms with E-state index in [2.05, 4.69) is 200 Å². The molecule has 2 aromatic heterocycles. The van der Waals surface area contributed by atoms with E-state index < -0.39 is 5.41 Å². The summed E-state index contributed by atoms with van der Waals surface area (Å²) in [4.78, 5) is 0. The Kier molecular flexibility index (Phi) is 7.08. The van der Waals surface area contributed by atoms with Crippen molar-refractivity contribution in [2.45, 2.75) is 5.41 Å². The van der Waals surface area contributed by atoms with Crippen LogP contribution in [0.4, 0.5) is 0 Å². The Labute approximate surface area is 334 Å². The van der Waals surface area contributed by atoms with Gasteiger partial charge in [-0.05, 0) is 110 Å². The lowest BCUT2D eigenvalue weighted by molar-refractivity contribution is 0.668. The zero-order valence-corrected chi connectivity index (χ0v) is 31.8. The van der Waals surface area contributed by atoms with Gasteiger partial charge in [0.05, 0.1) is 5.41 Å². The van der Waals surface area contributed by atoms with E-state index in [0.29, 0.717) is 0 Å². The van der Waals surface area contributed by atoms with Crippen LogP contribution in [0, 0.1) is 0 Å². The Morgan fingerprint density at radius 2 is 0.965 bits per heavy atom. The molecule has 0 bridgehead atoms. The highest BCUT2D eigenvalue weighted by Crippen LogP contribution is 2.57.